The highest BCUT2D eigenvalue weighted by molar-refractivity contribution is 7.89. The van der Waals surface area contributed by atoms with E-state index in [2.05, 4.69) is 0 Å². The molecule has 1 fully saturated rings. The van der Waals surface area contributed by atoms with E-state index in [1.165, 1.54) is 4.31 Å². The Labute approximate surface area is 152 Å². The van der Waals surface area contributed by atoms with Crippen LogP contribution in [-0.2, 0) is 10.0 Å². The summed E-state index contributed by atoms with van der Waals surface area (Å²) in [6.45, 7) is 1.13. The van der Waals surface area contributed by atoms with Crippen molar-refractivity contribution in [3.8, 4) is 0 Å². The van der Waals surface area contributed by atoms with Crippen molar-refractivity contribution in [2.45, 2.75) is 10.9 Å². The highest BCUT2D eigenvalue weighted by atomic mass is 35.5. The second kappa shape index (κ2) is 7.78. The fraction of sp³-hybridized carbons (Fsp3) is 0.294. The molecule has 0 amide bonds. The average molecular weight is 389 g/mol. The zero-order valence-electron chi connectivity index (χ0n) is 13.6. The Kier molecular flexibility index (Phi) is 6.16. The number of likely N-dealkylation sites (N-methyl/N-ethyl adjacent to an activating group) is 1. The predicted molar refractivity (Wildman–Crippen MR) is 94.2 cm³/mol. The molecule has 25 heavy (non-hydrogen) atoms. The van der Waals surface area contributed by atoms with E-state index >= 15 is 0 Å². The van der Waals surface area contributed by atoms with Crippen molar-refractivity contribution in [3.63, 3.8) is 0 Å². The number of halogens is 3. The average Bonchev–Trinajstić information content (AvgIpc) is 2.55. The van der Waals surface area contributed by atoms with Crippen molar-refractivity contribution < 1.29 is 17.2 Å². The highest BCUT2D eigenvalue weighted by Crippen LogP contribution is 2.32. The molecule has 0 aromatic heterocycles. The molecule has 1 saturated heterocycles. The number of hydrogen-bond acceptors (Lipinski definition) is 3. The quantitative estimate of drug-likeness (QED) is 0.811. The van der Waals surface area contributed by atoms with E-state index in [-0.39, 0.29) is 19.0 Å². The standard InChI is InChI=1S/C17H18F2N2O2S.ClH/c1-20-10-11-21(16(12-20)13-6-3-2-4-7-13)24(22,23)17-14(18)8-5-9-15(17)19;/h2-9,16H,10-12H2,1H3;1H. The predicted octanol–water partition coefficient (Wildman–Crippen LogP) is 3.06. The number of hydrogen-bond donors (Lipinski definition) is 0. The molecule has 1 unspecified atom stereocenters. The van der Waals surface area contributed by atoms with E-state index < -0.39 is 32.6 Å². The summed E-state index contributed by atoms with van der Waals surface area (Å²) >= 11 is 0. The van der Waals surface area contributed by atoms with Gasteiger partial charge < -0.3 is 4.90 Å². The number of benzene rings is 2. The Balaban J connectivity index is 0.00000225. The van der Waals surface area contributed by atoms with E-state index in [0.717, 1.165) is 23.8 Å². The van der Waals surface area contributed by atoms with E-state index in [1.807, 2.05) is 42.3 Å². The molecule has 0 N–H and O–H groups in total. The van der Waals surface area contributed by atoms with E-state index in [4.69, 9.17) is 0 Å². The minimum atomic E-state index is -4.29. The van der Waals surface area contributed by atoms with Gasteiger partial charge in [0, 0.05) is 19.6 Å². The molecule has 136 valence electrons. The molecule has 1 heterocycles. The first-order valence-corrected chi connectivity index (χ1v) is 9.04. The third-order valence-electron chi connectivity index (χ3n) is 4.20. The molecule has 3 rings (SSSR count). The van der Waals surface area contributed by atoms with Gasteiger partial charge in [0.1, 0.15) is 11.6 Å². The van der Waals surface area contributed by atoms with Crippen molar-refractivity contribution in [1.29, 1.82) is 0 Å². The van der Waals surface area contributed by atoms with Crippen LogP contribution in [0.25, 0.3) is 0 Å². The minimum absolute atomic E-state index is 0. The van der Waals surface area contributed by atoms with Gasteiger partial charge in [0.2, 0.25) is 10.0 Å². The monoisotopic (exact) mass is 388 g/mol. The molecule has 8 heteroatoms. The molecule has 0 bridgehead atoms. The lowest BCUT2D eigenvalue weighted by atomic mass is 10.1. The first-order valence-electron chi connectivity index (χ1n) is 7.60. The van der Waals surface area contributed by atoms with E-state index in [1.54, 1.807) is 0 Å². The second-order valence-corrected chi connectivity index (χ2v) is 7.68. The minimum Gasteiger partial charge on any atom is -0.303 e. The normalized spacial score (nSPS) is 19.4. The van der Waals surface area contributed by atoms with Crippen molar-refractivity contribution in [3.05, 3.63) is 65.7 Å². The Morgan fingerprint density at radius 1 is 0.960 bits per heavy atom. The summed E-state index contributed by atoms with van der Waals surface area (Å²) in [5.41, 5.74) is 0.796. The van der Waals surface area contributed by atoms with Crippen LogP contribution in [0, 0.1) is 11.6 Å². The van der Waals surface area contributed by atoms with Crippen LogP contribution in [0.15, 0.2) is 53.4 Å². The maximum absolute atomic E-state index is 14.1. The first-order chi connectivity index (χ1) is 11.4. The summed E-state index contributed by atoms with van der Waals surface area (Å²) in [5.74, 6) is -2.14. The Morgan fingerprint density at radius 3 is 2.16 bits per heavy atom. The van der Waals surface area contributed by atoms with Crippen LogP contribution in [0.4, 0.5) is 8.78 Å². The van der Waals surface area contributed by atoms with Gasteiger partial charge in [-0.25, -0.2) is 17.2 Å². The number of rotatable bonds is 3. The first kappa shape index (κ1) is 19.8. The van der Waals surface area contributed by atoms with Gasteiger partial charge in [0.05, 0.1) is 6.04 Å². The zero-order valence-corrected chi connectivity index (χ0v) is 15.2. The molecule has 0 aliphatic carbocycles. The second-order valence-electron chi connectivity index (χ2n) is 5.86. The van der Waals surface area contributed by atoms with Crippen molar-refractivity contribution in [2.75, 3.05) is 26.7 Å². The maximum atomic E-state index is 14.1. The lowest BCUT2D eigenvalue weighted by Gasteiger charge is -2.39. The van der Waals surface area contributed by atoms with Gasteiger partial charge in [-0.3, -0.25) is 0 Å². The van der Waals surface area contributed by atoms with E-state index in [9.17, 15) is 17.2 Å². The largest absolute Gasteiger partial charge is 0.303 e. The number of piperazine rings is 1. The van der Waals surface area contributed by atoms with Gasteiger partial charge >= 0.3 is 0 Å². The molecular formula is C17H19ClF2N2O2S. The van der Waals surface area contributed by atoms with Gasteiger partial charge in [0.25, 0.3) is 0 Å². The smallest absolute Gasteiger partial charge is 0.249 e. The Hall–Kier alpha value is -1.54. The molecule has 2 aromatic carbocycles. The molecule has 4 nitrogen and oxygen atoms in total. The van der Waals surface area contributed by atoms with Crippen LogP contribution in [0.5, 0.6) is 0 Å². The lowest BCUT2D eigenvalue weighted by molar-refractivity contribution is 0.160. The van der Waals surface area contributed by atoms with Gasteiger partial charge in [-0.15, -0.1) is 12.4 Å². The molecular weight excluding hydrogens is 370 g/mol. The summed E-state index contributed by atoms with van der Waals surface area (Å²) < 4.78 is 55.2. The molecule has 0 saturated carbocycles. The van der Waals surface area contributed by atoms with Crippen molar-refractivity contribution in [1.82, 2.24) is 9.21 Å². The molecule has 2 aromatic rings. The number of sulfonamides is 1. The van der Waals surface area contributed by atoms with Gasteiger partial charge in [-0.05, 0) is 24.7 Å². The van der Waals surface area contributed by atoms with Crippen molar-refractivity contribution in [2.24, 2.45) is 0 Å². The van der Waals surface area contributed by atoms with Crippen molar-refractivity contribution >= 4 is 22.4 Å². The third-order valence-corrected chi connectivity index (χ3v) is 6.16. The fourth-order valence-corrected chi connectivity index (χ4v) is 4.69. The van der Waals surface area contributed by atoms with Crippen LogP contribution in [0.1, 0.15) is 11.6 Å². The molecule has 1 atom stereocenters. The van der Waals surface area contributed by atoms with Gasteiger partial charge in [-0.1, -0.05) is 36.4 Å². The summed E-state index contributed by atoms with van der Waals surface area (Å²) in [4.78, 5) is 1.12. The Morgan fingerprint density at radius 2 is 1.56 bits per heavy atom. The third kappa shape index (κ3) is 3.84. The SMILES string of the molecule is CN1CCN(S(=O)(=O)c2c(F)cccc2F)C(c2ccccc2)C1.Cl. The van der Waals surface area contributed by atoms with E-state index in [0.29, 0.717) is 13.1 Å². The zero-order chi connectivity index (χ0) is 17.3. The van der Waals surface area contributed by atoms with Crippen LogP contribution < -0.4 is 0 Å². The van der Waals surface area contributed by atoms with Crippen LogP contribution in [-0.4, -0.2) is 44.3 Å². The van der Waals surface area contributed by atoms with Gasteiger partial charge in [0.15, 0.2) is 4.90 Å². The van der Waals surface area contributed by atoms with Crippen LogP contribution >= 0.6 is 12.4 Å². The fourth-order valence-electron chi connectivity index (χ4n) is 2.98. The molecule has 1 aliphatic rings. The van der Waals surface area contributed by atoms with Crippen LogP contribution in [0.2, 0.25) is 0 Å². The molecule has 0 radical (unpaired) electrons. The summed E-state index contributed by atoms with van der Waals surface area (Å²) in [7, 11) is -2.40. The summed E-state index contributed by atoms with van der Waals surface area (Å²) in [6, 6.07) is 11.7. The molecule has 0 spiro atoms. The summed E-state index contributed by atoms with van der Waals surface area (Å²) in [5, 5.41) is 0. The number of nitrogens with zero attached hydrogens (tertiary/aromatic N) is 2. The lowest BCUT2D eigenvalue weighted by Crippen LogP contribution is -2.49. The molecule has 1 aliphatic heterocycles. The van der Waals surface area contributed by atoms with Gasteiger partial charge in [-0.2, -0.15) is 4.31 Å². The topological polar surface area (TPSA) is 40.6 Å². The Bertz CT molecular complexity index is 814. The summed E-state index contributed by atoms with van der Waals surface area (Å²) in [6.07, 6.45) is 0. The highest BCUT2D eigenvalue weighted by Gasteiger charge is 2.38. The maximum Gasteiger partial charge on any atom is 0.249 e. The van der Waals surface area contributed by atoms with Crippen LogP contribution in [0.3, 0.4) is 0 Å².